The van der Waals surface area contributed by atoms with E-state index >= 15 is 0 Å². The molecule has 0 aliphatic carbocycles. The summed E-state index contributed by atoms with van der Waals surface area (Å²) < 4.78 is 5.61. The standard InChI is InChI=1S/C17H26N2O3/c20-19(21)16-8-10-17(11-9-16)22-15-7-2-1-4-12-18-13-5-3-6-14-18/h8-11H,1-7,12-15H2/p+1. The number of quaternary nitrogens is 1. The first-order chi connectivity index (χ1) is 10.8. The predicted molar refractivity (Wildman–Crippen MR) is 86.5 cm³/mol. The van der Waals surface area contributed by atoms with Gasteiger partial charge in [0.1, 0.15) is 5.75 Å². The molecule has 0 unspecified atom stereocenters. The Bertz CT molecular complexity index is 442. The van der Waals surface area contributed by atoms with Crippen LogP contribution in [0, 0.1) is 10.1 Å². The number of piperidine rings is 1. The average Bonchev–Trinajstić information content (AvgIpc) is 2.55. The Hall–Kier alpha value is -1.62. The van der Waals surface area contributed by atoms with Gasteiger partial charge in [-0.2, -0.15) is 0 Å². The van der Waals surface area contributed by atoms with E-state index < -0.39 is 4.92 Å². The minimum atomic E-state index is -0.395. The fourth-order valence-corrected chi connectivity index (χ4v) is 2.99. The smallest absolute Gasteiger partial charge is 0.269 e. The zero-order valence-electron chi connectivity index (χ0n) is 13.3. The van der Waals surface area contributed by atoms with Crippen molar-refractivity contribution in [2.24, 2.45) is 0 Å². The minimum Gasteiger partial charge on any atom is -0.494 e. The van der Waals surface area contributed by atoms with Crippen LogP contribution >= 0.6 is 0 Å². The molecule has 0 aromatic heterocycles. The highest BCUT2D eigenvalue weighted by atomic mass is 16.6. The van der Waals surface area contributed by atoms with Crippen LogP contribution in [-0.2, 0) is 0 Å². The second-order valence-corrected chi connectivity index (χ2v) is 6.07. The molecule has 1 aromatic carbocycles. The van der Waals surface area contributed by atoms with Gasteiger partial charge in [0.05, 0.1) is 31.2 Å². The molecule has 1 fully saturated rings. The van der Waals surface area contributed by atoms with Gasteiger partial charge in [-0.1, -0.05) is 0 Å². The summed E-state index contributed by atoms with van der Waals surface area (Å²) >= 11 is 0. The lowest BCUT2D eigenvalue weighted by Crippen LogP contribution is -3.12. The molecule has 1 aliphatic rings. The van der Waals surface area contributed by atoms with Gasteiger partial charge < -0.3 is 9.64 Å². The number of likely N-dealkylation sites (tertiary alicyclic amines) is 1. The van der Waals surface area contributed by atoms with Crippen molar-refractivity contribution >= 4 is 5.69 Å². The van der Waals surface area contributed by atoms with Crippen LogP contribution in [0.3, 0.4) is 0 Å². The summed E-state index contributed by atoms with van der Waals surface area (Å²) in [6.45, 7) is 4.74. The Morgan fingerprint density at radius 2 is 1.68 bits per heavy atom. The van der Waals surface area contributed by atoms with E-state index in [-0.39, 0.29) is 5.69 Å². The second kappa shape index (κ2) is 9.41. The maximum Gasteiger partial charge on any atom is 0.269 e. The number of rotatable bonds is 9. The quantitative estimate of drug-likeness (QED) is 0.433. The summed E-state index contributed by atoms with van der Waals surface area (Å²) in [6, 6.07) is 6.29. The Labute approximate surface area is 132 Å². The molecular formula is C17H27N2O3+. The molecule has 122 valence electrons. The summed E-state index contributed by atoms with van der Waals surface area (Å²) in [5.74, 6) is 0.711. The number of hydrogen-bond acceptors (Lipinski definition) is 3. The van der Waals surface area contributed by atoms with Gasteiger partial charge in [0.15, 0.2) is 0 Å². The molecule has 1 N–H and O–H groups in total. The number of non-ortho nitro benzene ring substituents is 1. The van der Waals surface area contributed by atoms with E-state index in [1.165, 1.54) is 70.3 Å². The second-order valence-electron chi connectivity index (χ2n) is 6.07. The molecule has 0 saturated carbocycles. The van der Waals surface area contributed by atoms with Crippen LogP contribution in [0.2, 0.25) is 0 Å². The van der Waals surface area contributed by atoms with Crippen molar-refractivity contribution in [1.29, 1.82) is 0 Å². The van der Waals surface area contributed by atoms with E-state index in [1.807, 2.05) is 0 Å². The third kappa shape index (κ3) is 6.02. The summed E-state index contributed by atoms with van der Waals surface area (Å²) in [5, 5.41) is 10.6. The van der Waals surface area contributed by atoms with Crippen molar-refractivity contribution in [2.75, 3.05) is 26.2 Å². The first-order valence-corrected chi connectivity index (χ1v) is 8.46. The van der Waals surface area contributed by atoms with Crippen LogP contribution in [0.1, 0.15) is 44.9 Å². The first kappa shape index (κ1) is 16.7. The molecule has 1 aromatic rings. The molecule has 0 atom stereocenters. The number of ether oxygens (including phenoxy) is 1. The number of nitrogens with one attached hydrogen (secondary N) is 1. The lowest BCUT2D eigenvalue weighted by molar-refractivity contribution is -0.905. The molecule has 5 heteroatoms. The molecule has 2 rings (SSSR count). The van der Waals surface area contributed by atoms with E-state index in [4.69, 9.17) is 4.74 Å². The lowest BCUT2D eigenvalue weighted by Gasteiger charge is -2.23. The van der Waals surface area contributed by atoms with Crippen LogP contribution < -0.4 is 9.64 Å². The summed E-state index contributed by atoms with van der Waals surface area (Å²) in [7, 11) is 0. The molecule has 5 nitrogen and oxygen atoms in total. The first-order valence-electron chi connectivity index (χ1n) is 8.46. The van der Waals surface area contributed by atoms with Crippen LogP contribution in [-0.4, -0.2) is 31.2 Å². The van der Waals surface area contributed by atoms with Crippen LogP contribution in [0.25, 0.3) is 0 Å². The molecule has 0 radical (unpaired) electrons. The number of nitro groups is 1. The van der Waals surface area contributed by atoms with Gasteiger partial charge in [-0.05, 0) is 57.1 Å². The van der Waals surface area contributed by atoms with Crippen molar-refractivity contribution in [2.45, 2.75) is 44.9 Å². The van der Waals surface area contributed by atoms with Gasteiger partial charge in [0, 0.05) is 12.1 Å². The molecule has 1 heterocycles. The van der Waals surface area contributed by atoms with Crippen LogP contribution in [0.4, 0.5) is 5.69 Å². The third-order valence-electron chi connectivity index (χ3n) is 4.30. The van der Waals surface area contributed by atoms with Gasteiger partial charge in [0.25, 0.3) is 5.69 Å². The highest BCUT2D eigenvalue weighted by Gasteiger charge is 2.12. The molecule has 1 saturated heterocycles. The lowest BCUT2D eigenvalue weighted by atomic mass is 10.1. The Balaban J connectivity index is 1.49. The van der Waals surface area contributed by atoms with E-state index in [1.54, 1.807) is 17.0 Å². The van der Waals surface area contributed by atoms with Crippen molar-refractivity contribution in [3.8, 4) is 5.75 Å². The van der Waals surface area contributed by atoms with Gasteiger partial charge in [-0.15, -0.1) is 0 Å². The Morgan fingerprint density at radius 3 is 2.36 bits per heavy atom. The van der Waals surface area contributed by atoms with Crippen molar-refractivity contribution in [3.05, 3.63) is 34.4 Å². The van der Waals surface area contributed by atoms with Crippen molar-refractivity contribution < 1.29 is 14.6 Å². The van der Waals surface area contributed by atoms with E-state index in [2.05, 4.69) is 0 Å². The number of nitrogens with zero attached hydrogens (tertiary/aromatic N) is 1. The maximum atomic E-state index is 10.6. The normalized spacial score (nSPS) is 15.6. The molecule has 0 spiro atoms. The fourth-order valence-electron chi connectivity index (χ4n) is 2.99. The van der Waals surface area contributed by atoms with E-state index in [0.717, 1.165) is 6.42 Å². The fraction of sp³-hybridized carbons (Fsp3) is 0.647. The average molecular weight is 307 g/mol. The van der Waals surface area contributed by atoms with Gasteiger partial charge >= 0.3 is 0 Å². The SMILES string of the molecule is O=[N+]([O-])c1ccc(OCCCCCC[NH+]2CCCCC2)cc1. The molecule has 1 aliphatic heterocycles. The monoisotopic (exact) mass is 307 g/mol. The van der Waals surface area contributed by atoms with Crippen molar-refractivity contribution in [3.63, 3.8) is 0 Å². The molecule has 0 amide bonds. The third-order valence-corrected chi connectivity index (χ3v) is 4.30. The maximum absolute atomic E-state index is 10.6. The number of hydrogen-bond donors (Lipinski definition) is 1. The minimum absolute atomic E-state index is 0.104. The Kier molecular flexibility index (Phi) is 7.16. The van der Waals surface area contributed by atoms with Crippen LogP contribution in [0.15, 0.2) is 24.3 Å². The topological polar surface area (TPSA) is 56.8 Å². The van der Waals surface area contributed by atoms with Gasteiger partial charge in [-0.25, -0.2) is 0 Å². The molecule has 0 bridgehead atoms. The number of nitro benzene ring substituents is 1. The van der Waals surface area contributed by atoms with Gasteiger partial charge in [0.2, 0.25) is 0 Å². The number of benzene rings is 1. The predicted octanol–water partition coefficient (Wildman–Crippen LogP) is 2.60. The highest BCUT2D eigenvalue weighted by molar-refractivity contribution is 5.35. The highest BCUT2D eigenvalue weighted by Crippen LogP contribution is 2.17. The van der Waals surface area contributed by atoms with E-state index in [9.17, 15) is 10.1 Å². The molecule has 22 heavy (non-hydrogen) atoms. The number of unbranched alkanes of at least 4 members (excludes halogenated alkanes) is 3. The summed E-state index contributed by atoms with van der Waals surface area (Å²) in [5.41, 5.74) is 0.104. The zero-order chi connectivity index (χ0) is 15.6. The van der Waals surface area contributed by atoms with Crippen LogP contribution in [0.5, 0.6) is 5.75 Å². The summed E-state index contributed by atoms with van der Waals surface area (Å²) in [4.78, 5) is 11.9. The van der Waals surface area contributed by atoms with Gasteiger partial charge in [-0.3, -0.25) is 10.1 Å². The molecular weight excluding hydrogens is 280 g/mol. The van der Waals surface area contributed by atoms with E-state index in [0.29, 0.717) is 12.4 Å². The largest absolute Gasteiger partial charge is 0.494 e. The van der Waals surface area contributed by atoms with Crippen molar-refractivity contribution in [1.82, 2.24) is 0 Å². The summed E-state index contributed by atoms with van der Waals surface area (Å²) in [6.07, 6.45) is 9.05. The zero-order valence-corrected chi connectivity index (χ0v) is 13.3. The Morgan fingerprint density at radius 1 is 1.00 bits per heavy atom.